The molecule has 5 heterocycles. The first-order valence-electron chi connectivity index (χ1n) is 11.7. The molecule has 5 rings (SSSR count). The molecule has 0 aliphatic carbocycles. The summed E-state index contributed by atoms with van der Waals surface area (Å²) in [6.07, 6.45) is 6.73. The smallest absolute Gasteiger partial charge is 0.274 e. The molecular weight excluding hydrogens is 456 g/mol. The van der Waals surface area contributed by atoms with Gasteiger partial charge < -0.3 is 23.9 Å². The number of pyridine rings is 2. The van der Waals surface area contributed by atoms with Crippen molar-refractivity contribution in [3.05, 3.63) is 53.7 Å². The Labute approximate surface area is 205 Å². The third-order valence-electron chi connectivity index (χ3n) is 6.18. The van der Waals surface area contributed by atoms with Crippen LogP contribution in [-0.2, 0) is 9.47 Å². The van der Waals surface area contributed by atoms with E-state index in [1.54, 1.807) is 6.07 Å². The number of halogens is 1. The van der Waals surface area contributed by atoms with E-state index < -0.39 is 0 Å². The van der Waals surface area contributed by atoms with Crippen molar-refractivity contribution in [3.8, 4) is 5.75 Å². The van der Waals surface area contributed by atoms with Gasteiger partial charge in [-0.1, -0.05) is 6.07 Å². The van der Waals surface area contributed by atoms with Crippen molar-refractivity contribution in [2.75, 3.05) is 31.7 Å². The molecule has 0 bridgehead atoms. The van der Waals surface area contributed by atoms with Crippen molar-refractivity contribution in [2.45, 2.75) is 51.0 Å². The lowest BCUT2D eigenvalue weighted by Gasteiger charge is -2.19. The number of nitrogens with zero attached hydrogens (tertiary/aromatic N) is 3. The van der Waals surface area contributed by atoms with Gasteiger partial charge >= 0.3 is 0 Å². The molecule has 1 atom stereocenters. The van der Waals surface area contributed by atoms with Gasteiger partial charge in [-0.05, 0) is 45.2 Å². The fourth-order valence-corrected chi connectivity index (χ4v) is 4.43. The van der Waals surface area contributed by atoms with E-state index in [2.05, 4.69) is 10.3 Å². The molecule has 2 aliphatic heterocycles. The van der Waals surface area contributed by atoms with Crippen LogP contribution in [0.25, 0.3) is 5.65 Å². The first-order valence-corrected chi connectivity index (χ1v) is 11.7. The third kappa shape index (κ3) is 5.35. The topological polar surface area (TPSA) is 87.0 Å². The second-order valence-corrected chi connectivity index (χ2v) is 9.00. The van der Waals surface area contributed by atoms with Crippen LogP contribution in [0, 0.1) is 0 Å². The number of carbonyl (C=O) groups excluding carboxylic acids is 1. The molecule has 9 heteroatoms. The van der Waals surface area contributed by atoms with Gasteiger partial charge in [0.1, 0.15) is 22.8 Å². The average Bonchev–Trinajstić information content (AvgIpc) is 3.50. The molecule has 182 valence electrons. The largest absolute Gasteiger partial charge is 0.489 e. The Balaban J connectivity index is 0.00000274. The summed E-state index contributed by atoms with van der Waals surface area (Å²) in [5, 5.41) is 3.00. The van der Waals surface area contributed by atoms with E-state index in [0.717, 1.165) is 56.1 Å². The Morgan fingerprint density at radius 2 is 1.82 bits per heavy atom. The molecule has 3 aromatic heterocycles. The van der Waals surface area contributed by atoms with E-state index >= 15 is 0 Å². The van der Waals surface area contributed by atoms with Gasteiger partial charge in [0.15, 0.2) is 0 Å². The van der Waals surface area contributed by atoms with Crippen molar-refractivity contribution in [2.24, 2.45) is 0 Å². The predicted octanol–water partition coefficient (Wildman–Crippen LogP) is 4.59. The van der Waals surface area contributed by atoms with E-state index in [-0.39, 0.29) is 30.3 Å². The van der Waals surface area contributed by atoms with Crippen LogP contribution >= 0.6 is 12.4 Å². The van der Waals surface area contributed by atoms with Crippen LogP contribution in [0.5, 0.6) is 5.75 Å². The number of carbonyl (C=O) groups is 1. The quantitative estimate of drug-likeness (QED) is 0.548. The standard InChI is InChI=1S/C25H30N4O4.ClH/c1-16(2)33-23-12-24-27-21(17-6-9-31-10-7-17)13-29(24)14-22(23)28-25(30)20-5-3-4-19(26-20)18-8-11-32-15-18;/h3-5,12-14,16-18H,6-11,15H2,1-2H3,(H,28,30);1H. The monoisotopic (exact) mass is 486 g/mol. The zero-order valence-corrected chi connectivity index (χ0v) is 20.3. The molecule has 0 radical (unpaired) electrons. The number of ether oxygens (including phenoxy) is 3. The molecule has 1 amide bonds. The highest BCUT2D eigenvalue weighted by atomic mass is 35.5. The Kier molecular flexibility index (Phi) is 7.70. The summed E-state index contributed by atoms with van der Waals surface area (Å²) in [5.74, 6) is 0.949. The summed E-state index contributed by atoms with van der Waals surface area (Å²) >= 11 is 0. The number of aromatic nitrogens is 3. The second-order valence-electron chi connectivity index (χ2n) is 9.00. The molecule has 8 nitrogen and oxygen atoms in total. The Bertz CT molecular complexity index is 1140. The molecule has 2 fully saturated rings. The molecule has 0 aromatic carbocycles. The molecule has 0 spiro atoms. The van der Waals surface area contributed by atoms with Crippen LogP contribution in [0.4, 0.5) is 5.69 Å². The van der Waals surface area contributed by atoms with Gasteiger partial charge in [0.2, 0.25) is 0 Å². The number of hydrogen-bond acceptors (Lipinski definition) is 6. The van der Waals surface area contributed by atoms with Crippen LogP contribution in [0.2, 0.25) is 0 Å². The molecule has 1 unspecified atom stereocenters. The number of anilines is 1. The highest BCUT2D eigenvalue weighted by molar-refractivity contribution is 6.03. The molecule has 1 N–H and O–H groups in total. The summed E-state index contributed by atoms with van der Waals surface area (Å²) in [6, 6.07) is 7.45. The summed E-state index contributed by atoms with van der Waals surface area (Å²) in [6.45, 7) is 6.84. The average molecular weight is 487 g/mol. The third-order valence-corrected chi connectivity index (χ3v) is 6.18. The molecule has 2 saturated heterocycles. The lowest BCUT2D eigenvalue weighted by Crippen LogP contribution is -2.17. The van der Waals surface area contributed by atoms with E-state index in [1.807, 2.05) is 48.8 Å². The normalized spacial score (nSPS) is 18.7. The number of hydrogen-bond donors (Lipinski definition) is 1. The number of imidazole rings is 1. The van der Waals surface area contributed by atoms with Gasteiger partial charge in [-0.15, -0.1) is 12.4 Å². The van der Waals surface area contributed by atoms with Crippen LogP contribution in [0.3, 0.4) is 0 Å². The van der Waals surface area contributed by atoms with Gasteiger partial charge in [-0.2, -0.15) is 0 Å². The van der Waals surface area contributed by atoms with Gasteiger partial charge in [-0.25, -0.2) is 9.97 Å². The predicted molar refractivity (Wildman–Crippen MR) is 131 cm³/mol. The van der Waals surface area contributed by atoms with Crippen LogP contribution in [0.1, 0.15) is 66.8 Å². The highest BCUT2D eigenvalue weighted by Crippen LogP contribution is 2.31. The lowest BCUT2D eigenvalue weighted by molar-refractivity contribution is 0.0846. The van der Waals surface area contributed by atoms with E-state index in [1.165, 1.54) is 0 Å². The summed E-state index contributed by atoms with van der Waals surface area (Å²) in [7, 11) is 0. The van der Waals surface area contributed by atoms with E-state index in [4.69, 9.17) is 19.2 Å². The molecule has 2 aliphatic rings. The van der Waals surface area contributed by atoms with Crippen molar-refractivity contribution in [3.63, 3.8) is 0 Å². The summed E-state index contributed by atoms with van der Waals surface area (Å²) < 4.78 is 18.9. The Hall–Kier alpha value is -2.68. The highest BCUT2D eigenvalue weighted by Gasteiger charge is 2.22. The maximum atomic E-state index is 13.1. The van der Waals surface area contributed by atoms with Crippen molar-refractivity contribution in [1.82, 2.24) is 14.4 Å². The fourth-order valence-electron chi connectivity index (χ4n) is 4.43. The minimum Gasteiger partial charge on any atom is -0.489 e. The zero-order valence-electron chi connectivity index (χ0n) is 19.5. The van der Waals surface area contributed by atoms with Crippen LogP contribution in [0.15, 0.2) is 36.7 Å². The molecule has 3 aromatic rings. The second kappa shape index (κ2) is 10.7. The van der Waals surface area contributed by atoms with Crippen molar-refractivity contribution < 1.29 is 19.0 Å². The van der Waals surface area contributed by atoms with Crippen LogP contribution in [-0.4, -0.2) is 52.8 Å². The first kappa shape index (κ1) is 24.4. The lowest BCUT2D eigenvalue weighted by atomic mass is 9.97. The fraction of sp³-hybridized carbons (Fsp3) is 0.480. The molecular formula is C25H31ClN4O4. The summed E-state index contributed by atoms with van der Waals surface area (Å²) in [4.78, 5) is 22.5. The molecule has 0 saturated carbocycles. The molecule has 34 heavy (non-hydrogen) atoms. The maximum absolute atomic E-state index is 13.1. The SMILES string of the molecule is CC(C)Oc1cc2nc(C3CCOCC3)cn2cc1NC(=O)c1cccc(C2CCOC2)n1.Cl. The first-order chi connectivity index (χ1) is 16.1. The van der Waals surface area contributed by atoms with Crippen LogP contribution < -0.4 is 10.1 Å². The van der Waals surface area contributed by atoms with Gasteiger partial charge in [0, 0.05) is 55.8 Å². The number of amides is 1. The maximum Gasteiger partial charge on any atom is 0.274 e. The minimum absolute atomic E-state index is 0. The number of rotatable bonds is 6. The van der Waals surface area contributed by atoms with Crippen molar-refractivity contribution >= 4 is 29.6 Å². The summed E-state index contributed by atoms with van der Waals surface area (Å²) in [5.41, 5.74) is 3.71. The van der Waals surface area contributed by atoms with Gasteiger partial charge in [-0.3, -0.25) is 4.79 Å². The number of nitrogens with one attached hydrogen (secondary N) is 1. The Morgan fingerprint density at radius 3 is 2.56 bits per heavy atom. The van der Waals surface area contributed by atoms with Gasteiger partial charge in [0.25, 0.3) is 5.91 Å². The van der Waals surface area contributed by atoms with E-state index in [0.29, 0.717) is 29.7 Å². The number of fused-ring (bicyclic) bond motifs is 1. The minimum atomic E-state index is -0.270. The zero-order chi connectivity index (χ0) is 22.8. The van der Waals surface area contributed by atoms with Gasteiger partial charge in [0.05, 0.1) is 18.4 Å². The van der Waals surface area contributed by atoms with E-state index in [9.17, 15) is 4.79 Å². The van der Waals surface area contributed by atoms with Crippen molar-refractivity contribution in [1.29, 1.82) is 0 Å². The Morgan fingerprint density at radius 1 is 1.06 bits per heavy atom.